The van der Waals surface area contributed by atoms with Crippen LogP contribution in [0.4, 0.5) is 11.4 Å². The zero-order chi connectivity index (χ0) is 19.1. The Labute approximate surface area is 158 Å². The van der Waals surface area contributed by atoms with Crippen LogP contribution in [0.1, 0.15) is 28.5 Å². The Balaban J connectivity index is 1.75. The number of nitrogens with zero attached hydrogens (tertiary/aromatic N) is 1. The van der Waals surface area contributed by atoms with Gasteiger partial charge in [0.1, 0.15) is 0 Å². The van der Waals surface area contributed by atoms with Crippen molar-refractivity contribution in [2.75, 3.05) is 10.6 Å². The van der Waals surface area contributed by atoms with Crippen molar-refractivity contribution in [1.29, 1.82) is 0 Å². The number of hydrogen-bond acceptors (Lipinski definition) is 3. The normalized spacial score (nSPS) is 10.3. The number of para-hydroxylation sites is 2. The molecule has 3 aromatic rings. The second kappa shape index (κ2) is 8.76. The summed E-state index contributed by atoms with van der Waals surface area (Å²) in [6, 6.07) is 20.1. The molecule has 0 unspecified atom stereocenters. The van der Waals surface area contributed by atoms with Gasteiger partial charge >= 0.3 is 0 Å². The molecule has 5 nitrogen and oxygen atoms in total. The second-order valence-electron chi connectivity index (χ2n) is 6.06. The monoisotopic (exact) mass is 359 g/mol. The van der Waals surface area contributed by atoms with Crippen molar-refractivity contribution < 1.29 is 9.59 Å². The van der Waals surface area contributed by atoms with E-state index in [0.717, 1.165) is 17.7 Å². The number of hydrogen-bond donors (Lipinski definition) is 2. The van der Waals surface area contributed by atoms with E-state index in [4.69, 9.17) is 0 Å². The van der Waals surface area contributed by atoms with Gasteiger partial charge in [-0.15, -0.1) is 0 Å². The smallest absolute Gasteiger partial charge is 0.257 e. The molecule has 2 N–H and O–H groups in total. The molecule has 0 saturated heterocycles. The number of amides is 2. The van der Waals surface area contributed by atoms with E-state index >= 15 is 0 Å². The Morgan fingerprint density at radius 1 is 0.852 bits per heavy atom. The standard InChI is InChI=1S/C22H21N3O2/c1-2-16-9-3-5-12-19(16)25-22(27)18-11-4-6-13-20(18)24-21(26)15-17-10-7-8-14-23-17/h3-14H,2,15H2,1H3,(H,24,26)(H,25,27). The number of carbonyl (C=O) groups excluding carboxylic acids is 2. The van der Waals surface area contributed by atoms with Crippen molar-refractivity contribution in [3.63, 3.8) is 0 Å². The molecular weight excluding hydrogens is 338 g/mol. The number of aryl methyl sites for hydroxylation is 1. The van der Waals surface area contributed by atoms with Crippen LogP contribution in [0.25, 0.3) is 0 Å². The quantitative estimate of drug-likeness (QED) is 0.697. The third kappa shape index (κ3) is 4.79. The summed E-state index contributed by atoms with van der Waals surface area (Å²) in [6.07, 6.45) is 2.61. The van der Waals surface area contributed by atoms with Gasteiger partial charge in [0.25, 0.3) is 5.91 Å². The van der Waals surface area contributed by atoms with Crippen LogP contribution in [0.3, 0.4) is 0 Å². The molecule has 0 bridgehead atoms. The van der Waals surface area contributed by atoms with Gasteiger partial charge in [-0.05, 0) is 42.3 Å². The number of pyridine rings is 1. The molecule has 5 heteroatoms. The van der Waals surface area contributed by atoms with E-state index in [2.05, 4.69) is 15.6 Å². The Morgan fingerprint density at radius 2 is 1.56 bits per heavy atom. The molecular formula is C22H21N3O2. The fourth-order valence-corrected chi connectivity index (χ4v) is 2.79. The maximum absolute atomic E-state index is 12.8. The van der Waals surface area contributed by atoms with Crippen molar-refractivity contribution in [2.24, 2.45) is 0 Å². The lowest BCUT2D eigenvalue weighted by Crippen LogP contribution is -2.20. The Kier molecular flexibility index (Phi) is 5.94. The van der Waals surface area contributed by atoms with Gasteiger partial charge in [0.2, 0.25) is 5.91 Å². The maximum atomic E-state index is 12.8. The second-order valence-corrected chi connectivity index (χ2v) is 6.06. The van der Waals surface area contributed by atoms with E-state index in [1.165, 1.54) is 0 Å². The summed E-state index contributed by atoms with van der Waals surface area (Å²) in [5, 5.41) is 5.75. The molecule has 0 radical (unpaired) electrons. The first-order chi connectivity index (χ1) is 13.2. The van der Waals surface area contributed by atoms with Crippen molar-refractivity contribution in [1.82, 2.24) is 4.98 Å². The molecule has 0 aliphatic carbocycles. The molecule has 0 fully saturated rings. The molecule has 2 amide bonds. The van der Waals surface area contributed by atoms with Crippen LogP contribution in [0.2, 0.25) is 0 Å². The molecule has 1 heterocycles. The summed E-state index contributed by atoms with van der Waals surface area (Å²) in [5.74, 6) is -0.479. The fraction of sp³-hybridized carbons (Fsp3) is 0.136. The number of rotatable bonds is 6. The fourth-order valence-electron chi connectivity index (χ4n) is 2.79. The molecule has 3 rings (SSSR count). The number of aromatic nitrogens is 1. The van der Waals surface area contributed by atoms with Crippen LogP contribution < -0.4 is 10.6 Å². The average molecular weight is 359 g/mol. The van der Waals surface area contributed by atoms with E-state index < -0.39 is 0 Å². The van der Waals surface area contributed by atoms with Gasteiger partial charge in [0.15, 0.2) is 0 Å². The first-order valence-electron chi connectivity index (χ1n) is 8.85. The summed E-state index contributed by atoms with van der Waals surface area (Å²) >= 11 is 0. The highest BCUT2D eigenvalue weighted by atomic mass is 16.2. The van der Waals surface area contributed by atoms with Crippen molar-refractivity contribution in [3.8, 4) is 0 Å². The zero-order valence-corrected chi connectivity index (χ0v) is 15.1. The minimum atomic E-state index is -0.260. The summed E-state index contributed by atoms with van der Waals surface area (Å²) in [5.41, 5.74) is 3.40. The van der Waals surface area contributed by atoms with Gasteiger partial charge in [-0.2, -0.15) is 0 Å². The summed E-state index contributed by atoms with van der Waals surface area (Å²) < 4.78 is 0. The van der Waals surface area contributed by atoms with Gasteiger partial charge in [0, 0.05) is 17.6 Å². The van der Waals surface area contributed by atoms with Crippen LogP contribution in [-0.4, -0.2) is 16.8 Å². The SMILES string of the molecule is CCc1ccccc1NC(=O)c1ccccc1NC(=O)Cc1ccccn1. The minimum absolute atomic E-state index is 0.148. The van der Waals surface area contributed by atoms with Gasteiger partial charge in [0.05, 0.1) is 17.7 Å². The number of carbonyl (C=O) groups is 2. The third-order valence-electron chi connectivity index (χ3n) is 4.16. The molecule has 0 aliphatic rings. The molecule has 2 aromatic carbocycles. The Bertz CT molecular complexity index is 939. The first-order valence-corrected chi connectivity index (χ1v) is 8.85. The van der Waals surface area contributed by atoms with E-state index in [0.29, 0.717) is 16.9 Å². The molecule has 0 saturated carbocycles. The van der Waals surface area contributed by atoms with Crippen LogP contribution in [0.5, 0.6) is 0 Å². The van der Waals surface area contributed by atoms with Gasteiger partial charge in [-0.3, -0.25) is 14.6 Å². The largest absolute Gasteiger partial charge is 0.325 e. The summed E-state index contributed by atoms with van der Waals surface area (Å²) in [7, 11) is 0. The molecule has 0 spiro atoms. The lowest BCUT2D eigenvalue weighted by molar-refractivity contribution is -0.115. The van der Waals surface area contributed by atoms with E-state index in [9.17, 15) is 9.59 Å². The van der Waals surface area contributed by atoms with Crippen molar-refractivity contribution in [3.05, 3.63) is 89.7 Å². The molecule has 1 aromatic heterocycles. The molecule has 136 valence electrons. The highest BCUT2D eigenvalue weighted by molar-refractivity contribution is 6.10. The lowest BCUT2D eigenvalue weighted by Gasteiger charge is -2.13. The van der Waals surface area contributed by atoms with Crippen LogP contribution in [-0.2, 0) is 17.6 Å². The third-order valence-corrected chi connectivity index (χ3v) is 4.16. The van der Waals surface area contributed by atoms with Gasteiger partial charge in [-0.25, -0.2) is 0 Å². The predicted octanol–water partition coefficient (Wildman–Crippen LogP) is 4.08. The van der Waals surface area contributed by atoms with Gasteiger partial charge < -0.3 is 10.6 Å². The minimum Gasteiger partial charge on any atom is -0.325 e. The number of benzene rings is 2. The molecule has 27 heavy (non-hydrogen) atoms. The van der Waals surface area contributed by atoms with E-state index in [-0.39, 0.29) is 18.2 Å². The topological polar surface area (TPSA) is 71.1 Å². The highest BCUT2D eigenvalue weighted by Gasteiger charge is 2.14. The van der Waals surface area contributed by atoms with Crippen molar-refractivity contribution >= 4 is 23.2 Å². The zero-order valence-electron chi connectivity index (χ0n) is 15.1. The molecule has 0 aliphatic heterocycles. The van der Waals surface area contributed by atoms with E-state index in [1.807, 2.05) is 37.3 Å². The van der Waals surface area contributed by atoms with E-state index in [1.54, 1.807) is 42.6 Å². The van der Waals surface area contributed by atoms with Gasteiger partial charge in [-0.1, -0.05) is 43.3 Å². The lowest BCUT2D eigenvalue weighted by atomic mass is 10.1. The number of anilines is 2. The van der Waals surface area contributed by atoms with Crippen LogP contribution in [0.15, 0.2) is 72.9 Å². The van der Waals surface area contributed by atoms with Crippen LogP contribution >= 0.6 is 0 Å². The summed E-state index contributed by atoms with van der Waals surface area (Å²) in [4.78, 5) is 29.3. The summed E-state index contributed by atoms with van der Waals surface area (Å²) in [6.45, 7) is 2.04. The average Bonchev–Trinajstić information content (AvgIpc) is 2.69. The Hall–Kier alpha value is -3.47. The number of nitrogens with one attached hydrogen (secondary N) is 2. The highest BCUT2D eigenvalue weighted by Crippen LogP contribution is 2.20. The van der Waals surface area contributed by atoms with Crippen molar-refractivity contribution in [2.45, 2.75) is 19.8 Å². The van der Waals surface area contributed by atoms with Crippen LogP contribution in [0, 0.1) is 0 Å². The maximum Gasteiger partial charge on any atom is 0.257 e. The Morgan fingerprint density at radius 3 is 2.30 bits per heavy atom. The first kappa shape index (κ1) is 18.3. The predicted molar refractivity (Wildman–Crippen MR) is 107 cm³/mol. The molecule has 0 atom stereocenters.